The molecule has 2 aliphatic heterocycles. The van der Waals surface area contributed by atoms with Gasteiger partial charge in [0.25, 0.3) is 0 Å². The minimum Gasteiger partial charge on any atom is -0.294 e. The molecule has 0 saturated carbocycles. The van der Waals surface area contributed by atoms with Gasteiger partial charge in [0.15, 0.2) is 5.78 Å². The topological polar surface area (TPSA) is 40.6 Å². The predicted molar refractivity (Wildman–Crippen MR) is 91.5 cm³/mol. The molecule has 2 unspecified atom stereocenters. The largest absolute Gasteiger partial charge is 0.294 e. The lowest BCUT2D eigenvalue weighted by Gasteiger charge is -2.26. The zero-order valence-electron chi connectivity index (χ0n) is 13.1. The number of ketones is 1. The summed E-state index contributed by atoms with van der Waals surface area (Å²) in [5.41, 5.74) is 1.71. The van der Waals surface area contributed by atoms with Crippen molar-refractivity contribution in [3.8, 4) is 0 Å². The van der Waals surface area contributed by atoms with E-state index in [9.17, 15) is 9.59 Å². The second kappa shape index (κ2) is 6.04. The highest BCUT2D eigenvalue weighted by molar-refractivity contribution is 6.30. The Kier molecular flexibility index (Phi) is 3.87. The Morgan fingerprint density at radius 2 is 1.75 bits per heavy atom. The molecule has 4 rings (SSSR count). The third kappa shape index (κ3) is 2.52. The van der Waals surface area contributed by atoms with Gasteiger partial charge < -0.3 is 0 Å². The van der Waals surface area contributed by atoms with Crippen LogP contribution in [0.15, 0.2) is 54.6 Å². The number of Topliss-reactive ketones (excluding diaryl/α,β-unsaturated/α-hetero) is 1. The van der Waals surface area contributed by atoms with Gasteiger partial charge in [0.2, 0.25) is 5.91 Å². The van der Waals surface area contributed by atoms with E-state index in [4.69, 9.17) is 11.6 Å². The summed E-state index contributed by atoms with van der Waals surface area (Å²) in [4.78, 5) is 25.2. The maximum absolute atomic E-state index is 13.0. The van der Waals surface area contributed by atoms with E-state index >= 15 is 0 Å². The van der Waals surface area contributed by atoms with Crippen LogP contribution in [-0.4, -0.2) is 34.8 Å². The van der Waals surface area contributed by atoms with Gasteiger partial charge in [-0.25, -0.2) is 5.01 Å². The Bertz CT molecular complexity index is 776. The van der Waals surface area contributed by atoms with Crippen LogP contribution in [0.5, 0.6) is 0 Å². The zero-order chi connectivity index (χ0) is 16.7. The molecule has 5 heteroatoms. The van der Waals surface area contributed by atoms with Crippen LogP contribution in [0.3, 0.4) is 0 Å². The van der Waals surface area contributed by atoms with Gasteiger partial charge in [-0.3, -0.25) is 14.6 Å². The van der Waals surface area contributed by atoms with Crippen molar-refractivity contribution in [1.82, 2.24) is 10.0 Å². The van der Waals surface area contributed by atoms with Gasteiger partial charge in [-0.05, 0) is 17.7 Å². The molecule has 122 valence electrons. The van der Waals surface area contributed by atoms with Crippen molar-refractivity contribution in [2.24, 2.45) is 5.92 Å². The summed E-state index contributed by atoms with van der Waals surface area (Å²) in [6.07, 6.45) is 0.510. The fourth-order valence-electron chi connectivity index (χ4n) is 3.70. The number of carbonyl (C=O) groups is 2. The Morgan fingerprint density at radius 1 is 1.04 bits per heavy atom. The molecule has 2 aliphatic rings. The van der Waals surface area contributed by atoms with E-state index in [0.29, 0.717) is 30.1 Å². The molecule has 0 spiro atoms. The number of carbonyl (C=O) groups excluding carboxylic acids is 2. The van der Waals surface area contributed by atoms with Gasteiger partial charge in [-0.1, -0.05) is 54.1 Å². The van der Waals surface area contributed by atoms with Crippen molar-refractivity contribution in [3.63, 3.8) is 0 Å². The van der Waals surface area contributed by atoms with Crippen LogP contribution in [0.25, 0.3) is 0 Å². The summed E-state index contributed by atoms with van der Waals surface area (Å²) in [6, 6.07) is 16.7. The molecule has 1 amide bonds. The van der Waals surface area contributed by atoms with Crippen LogP contribution in [0.4, 0.5) is 0 Å². The number of benzene rings is 2. The number of fused-ring (bicyclic) bond motifs is 1. The Labute approximate surface area is 145 Å². The van der Waals surface area contributed by atoms with Crippen molar-refractivity contribution in [1.29, 1.82) is 0 Å². The van der Waals surface area contributed by atoms with Crippen LogP contribution in [-0.2, 0) is 4.79 Å². The highest BCUT2D eigenvalue weighted by Crippen LogP contribution is 2.41. The molecule has 2 saturated heterocycles. The minimum atomic E-state index is -0.266. The molecule has 0 bridgehead atoms. The van der Waals surface area contributed by atoms with E-state index in [1.807, 2.05) is 59.6 Å². The molecular formula is C19H17ClN2O2. The third-order valence-corrected chi connectivity index (χ3v) is 5.08. The summed E-state index contributed by atoms with van der Waals surface area (Å²) in [5, 5.41) is 4.44. The fourth-order valence-corrected chi connectivity index (χ4v) is 3.83. The highest BCUT2D eigenvalue weighted by Gasteiger charge is 2.49. The molecule has 0 N–H and O–H groups in total. The molecule has 2 heterocycles. The van der Waals surface area contributed by atoms with E-state index in [1.165, 1.54) is 0 Å². The van der Waals surface area contributed by atoms with Gasteiger partial charge in [0.05, 0.1) is 12.0 Å². The number of hydrazine groups is 1. The van der Waals surface area contributed by atoms with Gasteiger partial charge in [0, 0.05) is 30.1 Å². The van der Waals surface area contributed by atoms with Crippen LogP contribution in [0, 0.1) is 5.92 Å². The maximum atomic E-state index is 13.0. The molecule has 0 radical (unpaired) electrons. The highest BCUT2D eigenvalue weighted by atomic mass is 35.5. The first-order valence-electron chi connectivity index (χ1n) is 8.07. The molecule has 2 fully saturated rings. The van der Waals surface area contributed by atoms with Crippen LogP contribution >= 0.6 is 11.6 Å². The molecular weight excluding hydrogens is 324 g/mol. The van der Waals surface area contributed by atoms with E-state index in [1.54, 1.807) is 5.01 Å². The number of hydrogen-bond acceptors (Lipinski definition) is 3. The van der Waals surface area contributed by atoms with E-state index in [-0.39, 0.29) is 23.7 Å². The Morgan fingerprint density at radius 3 is 2.46 bits per heavy atom. The average molecular weight is 341 g/mol. The predicted octanol–water partition coefficient (Wildman–Crippen LogP) is 3.34. The number of hydrogen-bond donors (Lipinski definition) is 0. The minimum absolute atomic E-state index is 0.0813. The van der Waals surface area contributed by atoms with Crippen LogP contribution < -0.4 is 0 Å². The lowest BCUT2D eigenvalue weighted by atomic mass is 9.87. The normalized spacial score (nSPS) is 23.5. The summed E-state index contributed by atoms with van der Waals surface area (Å²) in [6.45, 7) is 1.10. The van der Waals surface area contributed by atoms with E-state index in [0.717, 1.165) is 5.56 Å². The van der Waals surface area contributed by atoms with Crippen molar-refractivity contribution >= 4 is 23.3 Å². The van der Waals surface area contributed by atoms with Crippen molar-refractivity contribution in [2.45, 2.75) is 12.5 Å². The Balaban J connectivity index is 1.72. The first kappa shape index (κ1) is 15.4. The summed E-state index contributed by atoms with van der Waals surface area (Å²) in [7, 11) is 0. The molecule has 2 atom stereocenters. The lowest BCUT2D eigenvalue weighted by Crippen LogP contribution is -2.33. The fraction of sp³-hybridized carbons (Fsp3) is 0.263. The maximum Gasteiger partial charge on any atom is 0.238 e. The monoisotopic (exact) mass is 340 g/mol. The second-order valence-corrected chi connectivity index (χ2v) is 6.66. The van der Waals surface area contributed by atoms with E-state index in [2.05, 4.69) is 0 Å². The molecule has 4 nitrogen and oxygen atoms in total. The average Bonchev–Trinajstić information content (AvgIpc) is 3.16. The lowest BCUT2D eigenvalue weighted by molar-refractivity contribution is -0.135. The quantitative estimate of drug-likeness (QED) is 0.805. The first-order chi connectivity index (χ1) is 11.6. The third-order valence-electron chi connectivity index (χ3n) is 4.83. The SMILES string of the molecule is O=C(c1ccccc1)C1CN2C(=O)CCN2C1c1ccc(Cl)cc1. The van der Waals surface area contributed by atoms with E-state index < -0.39 is 0 Å². The van der Waals surface area contributed by atoms with Crippen molar-refractivity contribution in [3.05, 3.63) is 70.7 Å². The molecule has 0 aliphatic carbocycles. The standard InChI is InChI=1S/C19H17ClN2O2/c20-15-8-6-13(7-9-15)18-16(12-22-17(23)10-11-21(18)22)19(24)14-4-2-1-3-5-14/h1-9,16,18H,10-12H2. The molecule has 2 aromatic carbocycles. The number of halogens is 1. The molecule has 24 heavy (non-hydrogen) atoms. The zero-order valence-corrected chi connectivity index (χ0v) is 13.8. The van der Waals surface area contributed by atoms with Gasteiger partial charge in [-0.2, -0.15) is 0 Å². The van der Waals surface area contributed by atoms with Gasteiger partial charge in [0.1, 0.15) is 0 Å². The number of rotatable bonds is 3. The first-order valence-corrected chi connectivity index (χ1v) is 8.44. The van der Waals surface area contributed by atoms with Crippen molar-refractivity contribution < 1.29 is 9.59 Å². The van der Waals surface area contributed by atoms with Gasteiger partial charge >= 0.3 is 0 Å². The number of amides is 1. The van der Waals surface area contributed by atoms with Crippen LogP contribution in [0.1, 0.15) is 28.4 Å². The summed E-state index contributed by atoms with van der Waals surface area (Å²) >= 11 is 6.00. The molecule has 2 aromatic rings. The molecule has 0 aromatic heterocycles. The number of nitrogens with zero attached hydrogens (tertiary/aromatic N) is 2. The van der Waals surface area contributed by atoms with Gasteiger partial charge in [-0.15, -0.1) is 0 Å². The smallest absolute Gasteiger partial charge is 0.238 e. The second-order valence-electron chi connectivity index (χ2n) is 6.22. The Hall–Kier alpha value is -2.17. The summed E-state index contributed by atoms with van der Waals surface area (Å²) < 4.78 is 0. The van der Waals surface area contributed by atoms with Crippen molar-refractivity contribution in [2.75, 3.05) is 13.1 Å². The van der Waals surface area contributed by atoms with Crippen LogP contribution in [0.2, 0.25) is 5.02 Å². The summed E-state index contributed by atoms with van der Waals surface area (Å²) in [5.74, 6) is -0.0899.